The lowest BCUT2D eigenvalue weighted by atomic mass is 10.1. The number of benzene rings is 2. The zero-order valence-corrected chi connectivity index (χ0v) is 13.1. The van der Waals surface area contributed by atoms with Gasteiger partial charge in [-0.05, 0) is 42.0 Å². The van der Waals surface area contributed by atoms with E-state index in [9.17, 15) is 0 Å². The van der Waals surface area contributed by atoms with Crippen LogP contribution >= 0.6 is 12.2 Å². The fourth-order valence-corrected chi connectivity index (χ4v) is 2.50. The normalized spacial score (nSPS) is 10.2. The topological polar surface area (TPSA) is 67.6 Å². The maximum Gasteiger partial charge on any atom is 0.0992 e. The van der Waals surface area contributed by atoms with Crippen molar-refractivity contribution in [2.24, 2.45) is 0 Å². The fraction of sp³-hybridized carbons (Fsp3) is 0.0556. The highest BCUT2D eigenvalue weighted by Gasteiger charge is 2.04. The molecule has 2 N–H and O–H groups in total. The van der Waals surface area contributed by atoms with Crippen molar-refractivity contribution >= 4 is 17.9 Å². The quantitative estimate of drug-likeness (QED) is 0.591. The molecule has 0 bridgehead atoms. The van der Waals surface area contributed by atoms with E-state index < -0.39 is 0 Å². The van der Waals surface area contributed by atoms with Crippen LogP contribution in [0.2, 0.25) is 0 Å². The molecule has 0 fully saturated rings. The molecule has 3 aromatic rings. The zero-order chi connectivity index (χ0) is 16.2. The van der Waals surface area contributed by atoms with E-state index in [2.05, 4.69) is 11.2 Å². The van der Waals surface area contributed by atoms with Crippen LogP contribution in [0.1, 0.15) is 16.8 Å². The summed E-state index contributed by atoms with van der Waals surface area (Å²) >= 11 is 5.38. The highest BCUT2D eigenvalue weighted by Crippen LogP contribution is 2.14. The van der Waals surface area contributed by atoms with Crippen LogP contribution in [0, 0.1) is 15.8 Å². The van der Waals surface area contributed by atoms with Gasteiger partial charge in [0, 0.05) is 18.3 Å². The smallest absolute Gasteiger partial charge is 0.0992 e. The van der Waals surface area contributed by atoms with Crippen LogP contribution in [0.3, 0.4) is 0 Å². The molecule has 23 heavy (non-hydrogen) atoms. The molecule has 0 saturated heterocycles. The van der Waals surface area contributed by atoms with Crippen molar-refractivity contribution in [3.8, 4) is 11.8 Å². The Balaban J connectivity index is 1.99. The molecule has 0 amide bonds. The Morgan fingerprint density at radius 3 is 2.74 bits per heavy atom. The number of nitrogens with two attached hydrogens (primary N) is 1. The molecule has 0 aliphatic heterocycles. The number of aromatic nitrogens is 2. The minimum atomic E-state index is 0.594. The first-order valence-corrected chi connectivity index (χ1v) is 7.50. The van der Waals surface area contributed by atoms with Crippen molar-refractivity contribution in [3.63, 3.8) is 0 Å². The molecule has 0 aliphatic rings. The molecule has 0 saturated carbocycles. The van der Waals surface area contributed by atoms with Gasteiger partial charge in [0.2, 0.25) is 0 Å². The predicted molar refractivity (Wildman–Crippen MR) is 92.8 cm³/mol. The molecule has 5 heteroatoms. The van der Waals surface area contributed by atoms with E-state index in [1.807, 2.05) is 48.7 Å². The third-order valence-electron chi connectivity index (χ3n) is 3.44. The predicted octanol–water partition coefficient (Wildman–Crippen LogP) is 3.65. The largest absolute Gasteiger partial charge is 0.399 e. The average Bonchev–Trinajstić information content (AvgIpc) is 2.57. The van der Waals surface area contributed by atoms with Crippen molar-refractivity contribution in [3.05, 3.63) is 82.1 Å². The second-order valence-electron chi connectivity index (χ2n) is 5.16. The van der Waals surface area contributed by atoms with Crippen molar-refractivity contribution in [1.82, 2.24) is 9.78 Å². The van der Waals surface area contributed by atoms with Crippen molar-refractivity contribution in [2.45, 2.75) is 6.42 Å². The molecule has 1 aromatic heterocycles. The third-order valence-corrected chi connectivity index (χ3v) is 3.81. The molecule has 4 nitrogen and oxygen atoms in total. The Morgan fingerprint density at radius 2 is 1.96 bits per heavy atom. The Bertz CT molecular complexity index is 953. The molecule has 112 valence electrons. The molecular formula is C18H14N4S. The Kier molecular flexibility index (Phi) is 4.18. The van der Waals surface area contributed by atoms with Crippen LogP contribution in [-0.4, -0.2) is 9.78 Å². The average molecular weight is 318 g/mol. The summed E-state index contributed by atoms with van der Waals surface area (Å²) in [5.74, 6) is 0. The van der Waals surface area contributed by atoms with Crippen molar-refractivity contribution in [1.29, 1.82) is 5.26 Å². The number of hydrogen-bond acceptors (Lipinski definition) is 4. The summed E-state index contributed by atoms with van der Waals surface area (Å²) in [5.41, 5.74) is 9.83. The van der Waals surface area contributed by atoms with E-state index in [-0.39, 0.29) is 0 Å². The molecule has 0 aliphatic carbocycles. The van der Waals surface area contributed by atoms with E-state index in [0.717, 1.165) is 22.6 Å². The van der Waals surface area contributed by atoms with Gasteiger partial charge in [0.15, 0.2) is 0 Å². The van der Waals surface area contributed by atoms with E-state index >= 15 is 0 Å². The van der Waals surface area contributed by atoms with Gasteiger partial charge in [0.25, 0.3) is 0 Å². The Hall–Kier alpha value is -2.97. The van der Waals surface area contributed by atoms with E-state index in [1.54, 1.807) is 16.8 Å². The second kappa shape index (κ2) is 6.42. The first kappa shape index (κ1) is 14.9. The Labute approximate surface area is 139 Å². The SMILES string of the molecule is N#Cc1cccc(-n2ccc(=S)c(Cc3cccc(N)c3)n2)c1. The molecule has 2 aromatic carbocycles. The fourth-order valence-electron chi connectivity index (χ4n) is 2.33. The third kappa shape index (κ3) is 3.44. The number of nitrogen functional groups attached to an aromatic ring is 1. The minimum absolute atomic E-state index is 0.594. The van der Waals surface area contributed by atoms with Gasteiger partial charge < -0.3 is 5.73 Å². The second-order valence-corrected chi connectivity index (χ2v) is 5.60. The summed E-state index contributed by atoms with van der Waals surface area (Å²) < 4.78 is 2.44. The van der Waals surface area contributed by atoms with Gasteiger partial charge in [-0.1, -0.05) is 30.4 Å². The summed E-state index contributed by atoms with van der Waals surface area (Å²) in [4.78, 5) is 0. The number of rotatable bonds is 3. The molecule has 0 radical (unpaired) electrons. The van der Waals surface area contributed by atoms with E-state index in [0.29, 0.717) is 16.5 Å². The highest BCUT2D eigenvalue weighted by atomic mass is 32.1. The maximum atomic E-state index is 9.02. The summed E-state index contributed by atoms with van der Waals surface area (Å²) in [7, 11) is 0. The lowest BCUT2D eigenvalue weighted by Crippen LogP contribution is -2.05. The standard InChI is InChI=1S/C18H14N4S/c19-12-14-4-2-6-16(10-14)22-8-7-18(23)17(21-22)11-13-3-1-5-15(20)9-13/h1-10H,11,20H2. The van der Waals surface area contributed by atoms with E-state index in [1.165, 1.54) is 0 Å². The maximum absolute atomic E-state index is 9.02. The molecule has 0 spiro atoms. The Morgan fingerprint density at radius 1 is 1.13 bits per heavy atom. The molecule has 1 heterocycles. The summed E-state index contributed by atoms with van der Waals surface area (Å²) in [6.45, 7) is 0. The van der Waals surface area contributed by atoms with Crippen molar-refractivity contribution in [2.75, 3.05) is 5.73 Å². The monoisotopic (exact) mass is 318 g/mol. The number of nitriles is 1. The highest BCUT2D eigenvalue weighted by molar-refractivity contribution is 7.71. The van der Waals surface area contributed by atoms with Gasteiger partial charge in [-0.2, -0.15) is 10.4 Å². The van der Waals surface area contributed by atoms with Crippen LogP contribution in [0.4, 0.5) is 5.69 Å². The molecular weight excluding hydrogens is 304 g/mol. The van der Waals surface area contributed by atoms with Gasteiger partial charge >= 0.3 is 0 Å². The van der Waals surface area contributed by atoms with Gasteiger partial charge in [-0.15, -0.1) is 0 Å². The van der Waals surface area contributed by atoms with Crippen LogP contribution in [0.25, 0.3) is 5.69 Å². The lowest BCUT2D eigenvalue weighted by molar-refractivity contribution is 0.797. The van der Waals surface area contributed by atoms with Crippen LogP contribution < -0.4 is 5.73 Å². The number of anilines is 1. The van der Waals surface area contributed by atoms with Crippen LogP contribution in [0.15, 0.2) is 60.8 Å². The summed E-state index contributed by atoms with van der Waals surface area (Å²) in [5, 5.41) is 13.6. The number of hydrogen-bond donors (Lipinski definition) is 1. The summed E-state index contributed by atoms with van der Waals surface area (Å²) in [6, 6.07) is 19.0. The van der Waals surface area contributed by atoms with Gasteiger partial charge in [-0.3, -0.25) is 0 Å². The van der Waals surface area contributed by atoms with Gasteiger partial charge in [0.05, 0.1) is 27.5 Å². The molecule has 0 unspecified atom stereocenters. The first-order valence-electron chi connectivity index (χ1n) is 7.09. The minimum Gasteiger partial charge on any atom is -0.399 e. The van der Waals surface area contributed by atoms with E-state index in [4.69, 9.17) is 23.2 Å². The first-order chi connectivity index (χ1) is 11.2. The summed E-state index contributed by atoms with van der Waals surface area (Å²) in [6.07, 6.45) is 2.42. The zero-order valence-electron chi connectivity index (χ0n) is 12.3. The lowest BCUT2D eigenvalue weighted by Gasteiger charge is -2.09. The van der Waals surface area contributed by atoms with Crippen LogP contribution in [-0.2, 0) is 6.42 Å². The van der Waals surface area contributed by atoms with Gasteiger partial charge in [0.1, 0.15) is 0 Å². The molecule has 0 atom stereocenters. The van der Waals surface area contributed by atoms with Crippen LogP contribution in [0.5, 0.6) is 0 Å². The van der Waals surface area contributed by atoms with Gasteiger partial charge in [-0.25, -0.2) is 4.68 Å². The number of nitrogens with zero attached hydrogens (tertiary/aromatic N) is 3. The molecule has 3 rings (SSSR count). The van der Waals surface area contributed by atoms with Crippen molar-refractivity contribution < 1.29 is 0 Å².